The zero-order valence-corrected chi connectivity index (χ0v) is 17.2. The number of aryl methyl sites for hydroxylation is 1. The first-order chi connectivity index (χ1) is 14.0. The molecule has 0 spiro atoms. The van der Waals surface area contributed by atoms with Gasteiger partial charge in [0.1, 0.15) is 17.2 Å². The summed E-state index contributed by atoms with van der Waals surface area (Å²) in [4.78, 5) is 26.7. The summed E-state index contributed by atoms with van der Waals surface area (Å²) < 4.78 is 10.5. The minimum absolute atomic E-state index is 0.0304. The van der Waals surface area contributed by atoms with Gasteiger partial charge in [-0.1, -0.05) is 0 Å². The smallest absolute Gasteiger partial charge is 0.274 e. The number of aromatic nitrogens is 2. The molecule has 0 aliphatic carbocycles. The molecule has 1 aliphatic heterocycles. The lowest BCUT2D eigenvalue weighted by Gasteiger charge is -2.31. The molecule has 3 rings (SSSR count). The number of H-pyrrole nitrogens is 1. The van der Waals surface area contributed by atoms with Gasteiger partial charge in [-0.2, -0.15) is 5.10 Å². The number of methoxy groups -OCH3 is 2. The van der Waals surface area contributed by atoms with Gasteiger partial charge in [0.2, 0.25) is 5.91 Å². The van der Waals surface area contributed by atoms with Crippen molar-refractivity contribution in [2.45, 2.75) is 32.6 Å². The Balaban J connectivity index is 1.44. The summed E-state index contributed by atoms with van der Waals surface area (Å²) in [7, 11) is 3.14. The molecular formula is C21H28N4O4. The van der Waals surface area contributed by atoms with Gasteiger partial charge in [0.05, 0.1) is 19.9 Å². The molecule has 8 nitrogen and oxygen atoms in total. The highest BCUT2D eigenvalue weighted by molar-refractivity contribution is 5.93. The van der Waals surface area contributed by atoms with Crippen LogP contribution < -0.4 is 14.8 Å². The van der Waals surface area contributed by atoms with Gasteiger partial charge in [0.25, 0.3) is 5.91 Å². The SMILES string of the molecule is COc1ccc(NC(=O)CCC2CCN(C(=O)c3cc(C)[nH]n3)CC2)c(OC)c1. The number of carbonyl (C=O) groups is 2. The minimum Gasteiger partial charge on any atom is -0.497 e. The van der Waals surface area contributed by atoms with Crippen molar-refractivity contribution in [1.82, 2.24) is 15.1 Å². The third-order valence-corrected chi connectivity index (χ3v) is 5.29. The van der Waals surface area contributed by atoms with Crippen LogP contribution in [-0.2, 0) is 4.79 Å². The zero-order chi connectivity index (χ0) is 20.8. The van der Waals surface area contributed by atoms with Crippen LogP contribution in [0.15, 0.2) is 24.3 Å². The van der Waals surface area contributed by atoms with Gasteiger partial charge >= 0.3 is 0 Å². The van der Waals surface area contributed by atoms with Crippen LogP contribution in [0.3, 0.4) is 0 Å². The van der Waals surface area contributed by atoms with Crippen molar-refractivity contribution < 1.29 is 19.1 Å². The normalized spacial score (nSPS) is 14.5. The van der Waals surface area contributed by atoms with Gasteiger partial charge in [0, 0.05) is 31.3 Å². The number of amides is 2. The Labute approximate surface area is 170 Å². The first-order valence-electron chi connectivity index (χ1n) is 9.83. The lowest BCUT2D eigenvalue weighted by molar-refractivity contribution is -0.116. The Bertz CT molecular complexity index is 856. The van der Waals surface area contributed by atoms with E-state index in [4.69, 9.17) is 9.47 Å². The third kappa shape index (κ3) is 5.28. The molecule has 2 heterocycles. The van der Waals surface area contributed by atoms with Crippen LogP contribution in [0.25, 0.3) is 0 Å². The summed E-state index contributed by atoms with van der Waals surface area (Å²) in [6.07, 6.45) is 3.03. The highest BCUT2D eigenvalue weighted by Crippen LogP contribution is 2.29. The van der Waals surface area contributed by atoms with Gasteiger partial charge in [0.15, 0.2) is 0 Å². The van der Waals surface area contributed by atoms with Gasteiger partial charge in [-0.25, -0.2) is 0 Å². The summed E-state index contributed by atoms with van der Waals surface area (Å²) in [5.74, 6) is 1.60. The molecule has 2 N–H and O–H groups in total. The fraction of sp³-hybridized carbons (Fsp3) is 0.476. The van der Waals surface area contributed by atoms with E-state index >= 15 is 0 Å². The molecule has 2 amide bonds. The Morgan fingerprint density at radius 3 is 2.59 bits per heavy atom. The topological polar surface area (TPSA) is 96.6 Å². The number of anilines is 1. The maximum atomic E-state index is 12.5. The fourth-order valence-electron chi connectivity index (χ4n) is 3.56. The number of aromatic amines is 1. The van der Waals surface area contributed by atoms with Crippen LogP contribution in [-0.4, -0.2) is 54.2 Å². The highest BCUT2D eigenvalue weighted by atomic mass is 16.5. The van der Waals surface area contributed by atoms with Crippen molar-refractivity contribution in [3.8, 4) is 11.5 Å². The van der Waals surface area contributed by atoms with E-state index in [-0.39, 0.29) is 11.8 Å². The van der Waals surface area contributed by atoms with Crippen LogP contribution >= 0.6 is 0 Å². The maximum Gasteiger partial charge on any atom is 0.274 e. The number of nitrogens with one attached hydrogen (secondary N) is 2. The maximum absolute atomic E-state index is 12.5. The molecule has 0 radical (unpaired) electrons. The number of likely N-dealkylation sites (tertiary alicyclic amines) is 1. The van der Waals surface area contributed by atoms with Crippen molar-refractivity contribution in [2.24, 2.45) is 5.92 Å². The van der Waals surface area contributed by atoms with E-state index in [2.05, 4.69) is 15.5 Å². The molecule has 1 aromatic carbocycles. The van der Waals surface area contributed by atoms with Crippen LogP contribution in [0, 0.1) is 12.8 Å². The molecule has 156 valence electrons. The molecule has 0 unspecified atom stereocenters. The summed E-state index contributed by atoms with van der Waals surface area (Å²) >= 11 is 0. The lowest BCUT2D eigenvalue weighted by Crippen LogP contribution is -2.38. The van der Waals surface area contributed by atoms with Crippen LogP contribution in [0.4, 0.5) is 5.69 Å². The van der Waals surface area contributed by atoms with Crippen molar-refractivity contribution in [1.29, 1.82) is 0 Å². The number of hydrogen-bond donors (Lipinski definition) is 2. The predicted molar refractivity (Wildman–Crippen MR) is 109 cm³/mol. The van der Waals surface area contributed by atoms with Crippen molar-refractivity contribution in [3.05, 3.63) is 35.7 Å². The number of nitrogens with zero attached hydrogens (tertiary/aromatic N) is 2. The van der Waals surface area contributed by atoms with E-state index in [1.807, 2.05) is 11.8 Å². The van der Waals surface area contributed by atoms with E-state index in [1.165, 1.54) is 0 Å². The number of hydrogen-bond acceptors (Lipinski definition) is 5. The fourth-order valence-corrected chi connectivity index (χ4v) is 3.56. The average molecular weight is 400 g/mol. The van der Waals surface area contributed by atoms with E-state index in [9.17, 15) is 9.59 Å². The van der Waals surface area contributed by atoms with Gasteiger partial charge in [-0.3, -0.25) is 14.7 Å². The van der Waals surface area contributed by atoms with E-state index in [0.717, 1.165) is 25.0 Å². The number of piperidine rings is 1. The van der Waals surface area contributed by atoms with Crippen LogP contribution in [0.2, 0.25) is 0 Å². The Morgan fingerprint density at radius 2 is 1.97 bits per heavy atom. The molecule has 0 atom stereocenters. The average Bonchev–Trinajstić information content (AvgIpc) is 3.18. The van der Waals surface area contributed by atoms with Gasteiger partial charge < -0.3 is 19.7 Å². The first-order valence-corrected chi connectivity index (χ1v) is 9.83. The summed E-state index contributed by atoms with van der Waals surface area (Å²) in [5.41, 5.74) is 1.98. The Hall–Kier alpha value is -3.03. The molecule has 0 bridgehead atoms. The van der Waals surface area contributed by atoms with Gasteiger partial charge in [-0.15, -0.1) is 0 Å². The molecule has 1 saturated heterocycles. The van der Waals surface area contributed by atoms with Crippen molar-refractivity contribution in [3.63, 3.8) is 0 Å². The molecule has 1 aliphatic rings. The van der Waals surface area contributed by atoms with Crippen LogP contribution in [0.1, 0.15) is 41.9 Å². The quantitative estimate of drug-likeness (QED) is 0.745. The summed E-state index contributed by atoms with van der Waals surface area (Å²) in [5, 5.41) is 9.76. The summed E-state index contributed by atoms with van der Waals surface area (Å²) in [6.45, 7) is 3.27. The standard InChI is InChI=1S/C21H28N4O4/c1-14-12-18(24-23-14)21(27)25-10-8-15(9-11-25)4-7-20(26)22-17-6-5-16(28-2)13-19(17)29-3/h5-6,12-13,15H,4,7-11H2,1-3H3,(H,22,26)(H,23,24). The number of carbonyl (C=O) groups excluding carboxylic acids is 2. The molecule has 8 heteroatoms. The molecular weight excluding hydrogens is 372 g/mol. The monoisotopic (exact) mass is 400 g/mol. The second kappa shape index (κ2) is 9.45. The Kier molecular flexibility index (Phi) is 6.74. The highest BCUT2D eigenvalue weighted by Gasteiger charge is 2.25. The van der Waals surface area contributed by atoms with Crippen molar-refractivity contribution >= 4 is 17.5 Å². The predicted octanol–water partition coefficient (Wildman–Crippen LogP) is 3.01. The molecule has 1 aromatic heterocycles. The van der Waals surface area contributed by atoms with Crippen LogP contribution in [0.5, 0.6) is 11.5 Å². The van der Waals surface area contributed by atoms with E-state index in [1.54, 1.807) is 38.5 Å². The second-order valence-electron chi connectivity index (χ2n) is 7.32. The number of benzene rings is 1. The van der Waals surface area contributed by atoms with E-state index < -0.39 is 0 Å². The molecule has 0 saturated carbocycles. The molecule has 2 aromatic rings. The lowest BCUT2D eigenvalue weighted by atomic mass is 9.92. The molecule has 29 heavy (non-hydrogen) atoms. The molecule has 1 fully saturated rings. The van der Waals surface area contributed by atoms with Gasteiger partial charge in [-0.05, 0) is 50.3 Å². The largest absolute Gasteiger partial charge is 0.497 e. The summed E-state index contributed by atoms with van der Waals surface area (Å²) in [6, 6.07) is 7.07. The number of rotatable bonds is 7. The zero-order valence-electron chi connectivity index (χ0n) is 17.2. The first kappa shape index (κ1) is 20.7. The third-order valence-electron chi connectivity index (χ3n) is 5.29. The van der Waals surface area contributed by atoms with Crippen molar-refractivity contribution in [2.75, 3.05) is 32.6 Å². The van der Waals surface area contributed by atoms with E-state index in [0.29, 0.717) is 48.3 Å². The number of ether oxygens (including phenoxy) is 2. The minimum atomic E-state index is -0.0426. The second-order valence-corrected chi connectivity index (χ2v) is 7.32. The Morgan fingerprint density at radius 1 is 1.21 bits per heavy atom.